The van der Waals surface area contributed by atoms with Gasteiger partial charge in [-0.1, -0.05) is 12.1 Å². The summed E-state index contributed by atoms with van der Waals surface area (Å²) in [6.07, 6.45) is 1.04. The molecule has 13 nitrogen and oxygen atoms in total. The zero-order valence-electron chi connectivity index (χ0n) is 24.6. The minimum atomic E-state index is -0.972. The smallest absolute Gasteiger partial charge is 0.339 e. The van der Waals surface area contributed by atoms with Crippen molar-refractivity contribution >= 4 is 17.3 Å². The number of non-ortho nitro benzene ring substituents is 2. The number of rotatable bonds is 10. The van der Waals surface area contributed by atoms with E-state index in [-0.39, 0.29) is 17.6 Å². The standard InChI is InChI=1S/C31H32N2O11/c1-39-25-8-5-18(15-27(25)41-3)23-7-10-29(43-30(34)20-13-21(32(35)36)17-22(14-20)33(37)38)31(23)12-11-24(44-31)19-6-9-26(40-2)28(16-19)42-4/h5-6,8-9,13-17,23-24,29H,7,10-12H2,1-4H3. The Balaban J connectivity index is 1.52. The summed E-state index contributed by atoms with van der Waals surface area (Å²) in [7, 11) is 6.21. The maximum Gasteiger partial charge on any atom is 0.339 e. The van der Waals surface area contributed by atoms with Crippen molar-refractivity contribution in [3.63, 3.8) is 0 Å². The Morgan fingerprint density at radius 1 is 0.750 bits per heavy atom. The van der Waals surface area contributed by atoms with E-state index in [1.54, 1.807) is 34.5 Å². The number of hydrogen-bond acceptors (Lipinski definition) is 11. The Hall–Kier alpha value is -4.91. The number of benzene rings is 3. The molecule has 0 aromatic heterocycles. The SMILES string of the molecule is COc1ccc(C2CCC3(O2)C(OC(=O)c2cc([N+](=O)[O-])cc([N+](=O)[O-])c2)CCC3c2ccc(OC)c(OC)c2)cc1OC. The number of carbonyl (C=O) groups excluding carboxylic acids is 1. The molecule has 0 N–H and O–H groups in total. The number of ether oxygens (including phenoxy) is 6. The quantitative estimate of drug-likeness (QED) is 0.152. The summed E-state index contributed by atoms with van der Waals surface area (Å²) in [6, 6.07) is 13.9. The van der Waals surface area contributed by atoms with Gasteiger partial charge in [-0.3, -0.25) is 20.2 Å². The summed E-state index contributed by atoms with van der Waals surface area (Å²) in [5, 5.41) is 22.9. The summed E-state index contributed by atoms with van der Waals surface area (Å²) in [5.41, 5.74) is -0.663. The molecule has 0 radical (unpaired) electrons. The van der Waals surface area contributed by atoms with Gasteiger partial charge < -0.3 is 28.4 Å². The molecule has 4 unspecified atom stereocenters. The zero-order valence-corrected chi connectivity index (χ0v) is 24.6. The largest absolute Gasteiger partial charge is 0.493 e. The van der Waals surface area contributed by atoms with Crippen molar-refractivity contribution < 1.29 is 43.1 Å². The predicted octanol–water partition coefficient (Wildman–Crippen LogP) is 5.93. The lowest BCUT2D eigenvalue weighted by Crippen LogP contribution is -2.44. The van der Waals surface area contributed by atoms with Crippen molar-refractivity contribution in [2.75, 3.05) is 28.4 Å². The van der Waals surface area contributed by atoms with Crippen molar-refractivity contribution in [2.45, 2.75) is 49.4 Å². The Morgan fingerprint density at radius 2 is 1.30 bits per heavy atom. The molecule has 1 saturated heterocycles. The van der Waals surface area contributed by atoms with E-state index in [9.17, 15) is 25.0 Å². The number of nitro groups is 2. The Kier molecular flexibility index (Phi) is 8.59. The van der Waals surface area contributed by atoms with Crippen LogP contribution in [0.2, 0.25) is 0 Å². The average Bonchev–Trinajstić information content (AvgIpc) is 3.64. The predicted molar refractivity (Wildman–Crippen MR) is 156 cm³/mol. The Bertz CT molecular complexity index is 1560. The van der Waals surface area contributed by atoms with Crippen LogP contribution in [0, 0.1) is 20.2 Å². The second kappa shape index (κ2) is 12.4. The van der Waals surface area contributed by atoms with Crippen LogP contribution in [0.15, 0.2) is 54.6 Å². The van der Waals surface area contributed by atoms with Gasteiger partial charge in [0.15, 0.2) is 23.0 Å². The van der Waals surface area contributed by atoms with Crippen LogP contribution >= 0.6 is 0 Å². The fourth-order valence-electron chi connectivity index (χ4n) is 6.35. The van der Waals surface area contributed by atoms with E-state index in [0.29, 0.717) is 48.7 Å². The minimum absolute atomic E-state index is 0.218. The summed E-state index contributed by atoms with van der Waals surface area (Å²) in [5.74, 6) is 1.10. The maximum atomic E-state index is 13.4. The highest BCUT2D eigenvalue weighted by Gasteiger charge is 2.58. The third-order valence-electron chi connectivity index (χ3n) is 8.41. The van der Waals surface area contributed by atoms with Crippen molar-refractivity contribution in [3.8, 4) is 23.0 Å². The molecule has 4 atom stereocenters. The van der Waals surface area contributed by atoms with Gasteiger partial charge in [0, 0.05) is 18.1 Å². The van der Waals surface area contributed by atoms with Crippen LogP contribution in [0.25, 0.3) is 0 Å². The third-order valence-corrected chi connectivity index (χ3v) is 8.41. The van der Waals surface area contributed by atoms with Crippen molar-refractivity contribution in [1.29, 1.82) is 0 Å². The fraction of sp³-hybridized carbons (Fsp3) is 0.387. The normalized spacial score (nSPS) is 22.4. The zero-order chi connectivity index (χ0) is 31.6. The maximum absolute atomic E-state index is 13.4. The number of nitrogens with zero attached hydrogens (tertiary/aromatic N) is 2. The molecule has 1 heterocycles. The monoisotopic (exact) mass is 608 g/mol. The third kappa shape index (κ3) is 5.57. The van der Waals surface area contributed by atoms with Crippen LogP contribution in [-0.4, -0.2) is 56.0 Å². The van der Waals surface area contributed by atoms with E-state index in [4.69, 9.17) is 28.4 Å². The van der Waals surface area contributed by atoms with Gasteiger partial charge in [0.1, 0.15) is 11.7 Å². The lowest BCUT2D eigenvalue weighted by molar-refractivity contribution is -0.394. The molecular weight excluding hydrogens is 576 g/mol. The van der Waals surface area contributed by atoms with E-state index in [1.807, 2.05) is 30.3 Å². The second-order valence-corrected chi connectivity index (χ2v) is 10.6. The van der Waals surface area contributed by atoms with Crippen LogP contribution in [0.3, 0.4) is 0 Å². The first-order valence-electron chi connectivity index (χ1n) is 13.9. The minimum Gasteiger partial charge on any atom is -0.493 e. The van der Waals surface area contributed by atoms with E-state index >= 15 is 0 Å². The summed E-state index contributed by atoms with van der Waals surface area (Å²) >= 11 is 0. The van der Waals surface area contributed by atoms with Gasteiger partial charge in [-0.2, -0.15) is 0 Å². The van der Waals surface area contributed by atoms with Gasteiger partial charge in [0.2, 0.25) is 0 Å². The van der Waals surface area contributed by atoms with E-state index < -0.39 is 38.9 Å². The van der Waals surface area contributed by atoms with Crippen LogP contribution in [0.5, 0.6) is 23.0 Å². The van der Waals surface area contributed by atoms with Gasteiger partial charge >= 0.3 is 5.97 Å². The fourth-order valence-corrected chi connectivity index (χ4v) is 6.35. The molecule has 13 heteroatoms. The van der Waals surface area contributed by atoms with Crippen LogP contribution in [-0.2, 0) is 9.47 Å². The first kappa shape index (κ1) is 30.5. The number of esters is 1. The molecule has 2 fully saturated rings. The van der Waals surface area contributed by atoms with Gasteiger partial charge in [-0.25, -0.2) is 4.79 Å². The highest BCUT2D eigenvalue weighted by molar-refractivity contribution is 5.91. The molecule has 3 aromatic rings. The average molecular weight is 609 g/mol. The highest BCUT2D eigenvalue weighted by Crippen LogP contribution is 2.57. The number of methoxy groups -OCH3 is 4. The summed E-state index contributed by atoms with van der Waals surface area (Å²) in [6.45, 7) is 0. The number of carbonyl (C=O) groups is 1. The molecule has 5 rings (SSSR count). The van der Waals surface area contributed by atoms with E-state index in [0.717, 1.165) is 29.3 Å². The molecule has 0 bridgehead atoms. The lowest BCUT2D eigenvalue weighted by Gasteiger charge is -2.36. The first-order chi connectivity index (χ1) is 21.1. The topological polar surface area (TPSA) is 159 Å². The molecule has 0 amide bonds. The van der Waals surface area contributed by atoms with E-state index in [2.05, 4.69) is 0 Å². The number of nitro benzene ring substituents is 2. The molecule has 2 aliphatic rings. The molecule has 1 aliphatic heterocycles. The molecule has 232 valence electrons. The molecular formula is C31H32N2O11. The van der Waals surface area contributed by atoms with Crippen molar-refractivity contribution in [3.05, 3.63) is 91.5 Å². The van der Waals surface area contributed by atoms with Gasteiger partial charge in [0.05, 0.1) is 56.0 Å². The summed E-state index contributed by atoms with van der Waals surface area (Å²) < 4.78 is 34.7. The van der Waals surface area contributed by atoms with Crippen molar-refractivity contribution in [1.82, 2.24) is 0 Å². The van der Waals surface area contributed by atoms with Crippen LogP contribution in [0.4, 0.5) is 11.4 Å². The number of hydrogen-bond donors (Lipinski definition) is 0. The van der Waals surface area contributed by atoms with Gasteiger partial charge in [-0.05, 0) is 61.1 Å². The molecule has 1 saturated carbocycles. The van der Waals surface area contributed by atoms with Gasteiger partial charge in [0.25, 0.3) is 11.4 Å². The Morgan fingerprint density at radius 3 is 1.84 bits per heavy atom. The second-order valence-electron chi connectivity index (χ2n) is 10.6. The van der Waals surface area contributed by atoms with Crippen molar-refractivity contribution in [2.24, 2.45) is 0 Å². The highest BCUT2D eigenvalue weighted by atomic mass is 16.6. The molecule has 1 aliphatic carbocycles. The molecule has 3 aromatic carbocycles. The summed E-state index contributed by atoms with van der Waals surface area (Å²) in [4.78, 5) is 34.7. The van der Waals surface area contributed by atoms with E-state index in [1.165, 1.54) is 0 Å². The van der Waals surface area contributed by atoms with Crippen LogP contribution < -0.4 is 18.9 Å². The first-order valence-corrected chi connectivity index (χ1v) is 13.9. The van der Waals surface area contributed by atoms with Crippen LogP contribution in [0.1, 0.15) is 59.2 Å². The Labute approximate surface area is 252 Å². The van der Waals surface area contributed by atoms with Gasteiger partial charge in [-0.15, -0.1) is 0 Å². The molecule has 1 spiro atoms. The molecule has 44 heavy (non-hydrogen) atoms. The lowest BCUT2D eigenvalue weighted by atomic mass is 9.81.